The van der Waals surface area contributed by atoms with Crippen molar-refractivity contribution in [1.29, 1.82) is 0 Å². The molecule has 8 aromatic carbocycles. The molecule has 0 bridgehead atoms. The van der Waals surface area contributed by atoms with Gasteiger partial charge in [0.05, 0.1) is 0 Å². The average molecular weight is 547 g/mol. The molecule has 0 heteroatoms. The maximum Gasteiger partial charge on any atom is -0.000728 e. The summed E-state index contributed by atoms with van der Waals surface area (Å²) in [6.07, 6.45) is 0.864. The van der Waals surface area contributed by atoms with Gasteiger partial charge in [-0.05, 0) is 89.3 Å². The molecule has 0 spiro atoms. The Balaban J connectivity index is 1.35. The molecule has 202 valence electrons. The fraction of sp³-hybridized carbons (Fsp3) is 0.0233. The van der Waals surface area contributed by atoms with Gasteiger partial charge in [-0.1, -0.05) is 164 Å². The number of rotatable bonds is 5. The van der Waals surface area contributed by atoms with Crippen LogP contribution in [0.1, 0.15) is 11.1 Å². The molecular formula is C43H30. The van der Waals surface area contributed by atoms with Crippen molar-refractivity contribution in [2.75, 3.05) is 0 Å². The van der Waals surface area contributed by atoms with Gasteiger partial charge in [-0.25, -0.2) is 0 Å². The number of benzene rings is 8. The van der Waals surface area contributed by atoms with E-state index in [9.17, 15) is 0 Å². The summed E-state index contributed by atoms with van der Waals surface area (Å²) in [5.74, 6) is 0. The Kier molecular flexibility index (Phi) is 6.31. The van der Waals surface area contributed by atoms with Crippen LogP contribution in [0.4, 0.5) is 0 Å². The summed E-state index contributed by atoms with van der Waals surface area (Å²) in [5, 5.41) is 7.77. The molecule has 8 rings (SSSR count). The van der Waals surface area contributed by atoms with Crippen LogP contribution in [0.3, 0.4) is 0 Å². The standard InChI is InChI=1S/C43H30/c1-2-14-30(15-3-1)35-21-6-5-17-33(35)29-42-38-23-8-10-25-40(38)43(41-26-11-9-24-39(41)42)34-20-12-19-32(28-34)37-27-13-18-31-16-4-7-22-36(31)37/h1-28H,29H2. The summed E-state index contributed by atoms with van der Waals surface area (Å²) in [5.41, 5.74) is 10.3. The Labute approximate surface area is 252 Å². The number of hydrogen-bond acceptors (Lipinski definition) is 0. The molecule has 0 fully saturated rings. The Morgan fingerprint density at radius 1 is 0.326 bits per heavy atom. The Morgan fingerprint density at radius 2 is 0.837 bits per heavy atom. The van der Waals surface area contributed by atoms with E-state index in [1.54, 1.807) is 0 Å². The Morgan fingerprint density at radius 3 is 1.60 bits per heavy atom. The van der Waals surface area contributed by atoms with Crippen molar-refractivity contribution >= 4 is 32.3 Å². The smallest absolute Gasteiger partial charge is 0.000728 e. The first-order chi connectivity index (χ1) is 21.3. The zero-order valence-electron chi connectivity index (χ0n) is 23.9. The van der Waals surface area contributed by atoms with Crippen molar-refractivity contribution in [3.05, 3.63) is 181 Å². The van der Waals surface area contributed by atoms with Crippen LogP contribution in [0.5, 0.6) is 0 Å². The minimum Gasteiger partial charge on any atom is -0.0622 e. The third kappa shape index (κ3) is 4.49. The van der Waals surface area contributed by atoms with Crippen molar-refractivity contribution < 1.29 is 0 Å². The van der Waals surface area contributed by atoms with Crippen LogP contribution < -0.4 is 0 Å². The van der Waals surface area contributed by atoms with Crippen molar-refractivity contribution in [2.24, 2.45) is 0 Å². The minimum absolute atomic E-state index is 0.864. The van der Waals surface area contributed by atoms with Crippen LogP contribution in [0.2, 0.25) is 0 Å². The van der Waals surface area contributed by atoms with Crippen LogP contribution >= 0.6 is 0 Å². The van der Waals surface area contributed by atoms with Crippen LogP contribution in [0, 0.1) is 0 Å². The highest BCUT2D eigenvalue weighted by atomic mass is 14.2. The molecule has 0 aliphatic heterocycles. The highest BCUT2D eigenvalue weighted by molar-refractivity contribution is 6.15. The molecule has 0 unspecified atom stereocenters. The summed E-state index contributed by atoms with van der Waals surface area (Å²) in [7, 11) is 0. The molecule has 8 aromatic rings. The fourth-order valence-electron chi connectivity index (χ4n) is 6.80. The molecule has 0 aliphatic carbocycles. The van der Waals surface area contributed by atoms with E-state index in [2.05, 4.69) is 170 Å². The van der Waals surface area contributed by atoms with Gasteiger partial charge in [0.1, 0.15) is 0 Å². The second-order valence-electron chi connectivity index (χ2n) is 11.3. The Bertz CT molecular complexity index is 2190. The minimum atomic E-state index is 0.864. The second-order valence-corrected chi connectivity index (χ2v) is 11.3. The van der Waals surface area contributed by atoms with E-state index in [0.717, 1.165) is 6.42 Å². The number of hydrogen-bond donors (Lipinski definition) is 0. The van der Waals surface area contributed by atoms with Gasteiger partial charge in [-0.2, -0.15) is 0 Å². The summed E-state index contributed by atoms with van der Waals surface area (Å²) in [6, 6.07) is 61.9. The molecular weight excluding hydrogens is 516 g/mol. The maximum absolute atomic E-state index is 2.38. The van der Waals surface area contributed by atoms with Crippen LogP contribution in [0.15, 0.2) is 170 Å². The monoisotopic (exact) mass is 546 g/mol. The topological polar surface area (TPSA) is 0 Å². The predicted octanol–water partition coefficient (Wildman–Crippen LogP) is 11.7. The summed E-state index contributed by atoms with van der Waals surface area (Å²) >= 11 is 0. The van der Waals surface area contributed by atoms with E-state index >= 15 is 0 Å². The number of fused-ring (bicyclic) bond motifs is 3. The molecule has 43 heavy (non-hydrogen) atoms. The molecule has 0 radical (unpaired) electrons. The van der Waals surface area contributed by atoms with Gasteiger partial charge < -0.3 is 0 Å². The molecule has 0 N–H and O–H groups in total. The predicted molar refractivity (Wildman–Crippen MR) is 185 cm³/mol. The summed E-state index contributed by atoms with van der Waals surface area (Å²) < 4.78 is 0. The van der Waals surface area contributed by atoms with Gasteiger partial charge in [-0.15, -0.1) is 0 Å². The zero-order chi connectivity index (χ0) is 28.6. The molecule has 0 saturated heterocycles. The lowest BCUT2D eigenvalue weighted by Gasteiger charge is -2.19. The van der Waals surface area contributed by atoms with Crippen LogP contribution in [-0.4, -0.2) is 0 Å². The van der Waals surface area contributed by atoms with Gasteiger partial charge >= 0.3 is 0 Å². The van der Waals surface area contributed by atoms with Gasteiger partial charge in [0.2, 0.25) is 0 Å². The highest BCUT2D eigenvalue weighted by Crippen LogP contribution is 2.42. The third-order valence-corrected chi connectivity index (χ3v) is 8.76. The highest BCUT2D eigenvalue weighted by Gasteiger charge is 2.17. The van der Waals surface area contributed by atoms with Crippen LogP contribution in [-0.2, 0) is 6.42 Å². The van der Waals surface area contributed by atoms with Gasteiger partial charge in [0.25, 0.3) is 0 Å². The molecule has 0 saturated carbocycles. The van der Waals surface area contributed by atoms with Crippen molar-refractivity contribution in [3.8, 4) is 33.4 Å². The van der Waals surface area contributed by atoms with Crippen molar-refractivity contribution in [1.82, 2.24) is 0 Å². The molecule has 0 atom stereocenters. The maximum atomic E-state index is 2.38. The molecule has 0 heterocycles. The SMILES string of the molecule is c1ccc(-c2ccccc2Cc2c3ccccc3c(-c3cccc(-c4cccc5ccccc45)c3)c3ccccc23)cc1. The first kappa shape index (κ1) is 25.3. The molecule has 0 aliphatic rings. The lowest BCUT2D eigenvalue weighted by atomic mass is 9.84. The summed E-state index contributed by atoms with van der Waals surface area (Å²) in [6.45, 7) is 0. The van der Waals surface area contributed by atoms with E-state index in [1.807, 2.05) is 0 Å². The van der Waals surface area contributed by atoms with Gasteiger partial charge in [-0.3, -0.25) is 0 Å². The largest absolute Gasteiger partial charge is 0.0622 e. The van der Waals surface area contributed by atoms with E-state index in [1.165, 1.54) is 76.8 Å². The molecule has 0 amide bonds. The quantitative estimate of drug-likeness (QED) is 0.188. The van der Waals surface area contributed by atoms with E-state index < -0.39 is 0 Å². The van der Waals surface area contributed by atoms with Gasteiger partial charge in [0.15, 0.2) is 0 Å². The first-order valence-corrected chi connectivity index (χ1v) is 15.0. The molecule has 0 aromatic heterocycles. The Hall–Kier alpha value is -5.46. The lowest BCUT2D eigenvalue weighted by molar-refractivity contribution is 1.23. The fourth-order valence-corrected chi connectivity index (χ4v) is 6.80. The van der Waals surface area contributed by atoms with E-state index in [4.69, 9.17) is 0 Å². The van der Waals surface area contributed by atoms with Crippen LogP contribution in [0.25, 0.3) is 65.7 Å². The molecule has 0 nitrogen and oxygen atoms in total. The first-order valence-electron chi connectivity index (χ1n) is 15.0. The van der Waals surface area contributed by atoms with Crippen molar-refractivity contribution in [2.45, 2.75) is 6.42 Å². The van der Waals surface area contributed by atoms with E-state index in [0.29, 0.717) is 0 Å². The van der Waals surface area contributed by atoms with E-state index in [-0.39, 0.29) is 0 Å². The zero-order valence-corrected chi connectivity index (χ0v) is 23.9. The average Bonchev–Trinajstić information content (AvgIpc) is 3.08. The summed E-state index contributed by atoms with van der Waals surface area (Å²) in [4.78, 5) is 0. The van der Waals surface area contributed by atoms with Gasteiger partial charge in [0, 0.05) is 0 Å². The second kappa shape index (κ2) is 10.7. The lowest BCUT2D eigenvalue weighted by Crippen LogP contribution is -1.97. The third-order valence-electron chi connectivity index (χ3n) is 8.76. The van der Waals surface area contributed by atoms with Crippen molar-refractivity contribution in [3.63, 3.8) is 0 Å². The normalized spacial score (nSPS) is 11.3.